The first-order valence-corrected chi connectivity index (χ1v) is 6.93. The average Bonchev–Trinajstić information content (AvgIpc) is 2.53. The number of hydrogen-bond acceptors (Lipinski definition) is 4. The number of nitrogens with zero attached hydrogens (tertiary/aromatic N) is 1. The first kappa shape index (κ1) is 14.7. The summed E-state index contributed by atoms with van der Waals surface area (Å²) in [6.45, 7) is 1.27. The van der Waals surface area contributed by atoms with Crippen molar-refractivity contribution in [3.05, 3.63) is 23.8 Å². The first-order valence-electron chi connectivity index (χ1n) is 6.93. The van der Waals surface area contributed by atoms with Crippen molar-refractivity contribution in [1.29, 1.82) is 0 Å². The van der Waals surface area contributed by atoms with Gasteiger partial charge in [0.1, 0.15) is 11.5 Å². The molecule has 20 heavy (non-hydrogen) atoms. The molecule has 1 aromatic rings. The van der Waals surface area contributed by atoms with Crippen molar-refractivity contribution >= 4 is 5.91 Å². The Balaban J connectivity index is 2.27. The minimum Gasteiger partial charge on any atom is -0.497 e. The van der Waals surface area contributed by atoms with Crippen molar-refractivity contribution in [3.8, 4) is 11.5 Å². The highest BCUT2D eigenvalue weighted by Gasteiger charge is 2.27. The number of rotatable bonds is 4. The summed E-state index contributed by atoms with van der Waals surface area (Å²) in [5.74, 6) is 1.24. The second kappa shape index (κ2) is 6.61. The number of carbonyl (C=O) groups excluding carboxylic acids is 1. The molecule has 1 aromatic carbocycles. The molecule has 1 fully saturated rings. The van der Waals surface area contributed by atoms with Crippen molar-refractivity contribution in [3.63, 3.8) is 0 Å². The van der Waals surface area contributed by atoms with Crippen LogP contribution in [0.1, 0.15) is 29.6 Å². The third-order valence-electron chi connectivity index (χ3n) is 3.76. The van der Waals surface area contributed by atoms with E-state index in [1.165, 1.54) is 0 Å². The molecule has 0 radical (unpaired) electrons. The summed E-state index contributed by atoms with van der Waals surface area (Å²) in [5.41, 5.74) is 6.36. The lowest BCUT2D eigenvalue weighted by atomic mass is 10.0. The Bertz CT molecular complexity index is 454. The third-order valence-corrected chi connectivity index (χ3v) is 3.76. The van der Waals surface area contributed by atoms with E-state index in [1.807, 2.05) is 4.90 Å². The van der Waals surface area contributed by atoms with Crippen LogP contribution < -0.4 is 15.2 Å². The second-order valence-electron chi connectivity index (χ2n) is 4.99. The van der Waals surface area contributed by atoms with Gasteiger partial charge in [0.2, 0.25) is 0 Å². The number of nitrogens with two attached hydrogens (primary N) is 1. The number of methoxy groups -OCH3 is 2. The lowest BCUT2D eigenvalue weighted by Gasteiger charge is -2.35. The van der Waals surface area contributed by atoms with Gasteiger partial charge >= 0.3 is 0 Å². The predicted molar refractivity (Wildman–Crippen MR) is 77.3 cm³/mol. The van der Waals surface area contributed by atoms with Gasteiger partial charge < -0.3 is 20.1 Å². The fraction of sp³-hybridized carbons (Fsp3) is 0.533. The summed E-state index contributed by atoms with van der Waals surface area (Å²) in [6, 6.07) is 5.38. The number of carbonyl (C=O) groups is 1. The molecule has 2 N–H and O–H groups in total. The molecule has 1 heterocycles. The lowest BCUT2D eigenvalue weighted by molar-refractivity contribution is 0.0622. The van der Waals surface area contributed by atoms with Gasteiger partial charge in [-0.2, -0.15) is 0 Å². The van der Waals surface area contributed by atoms with Crippen LogP contribution >= 0.6 is 0 Å². The van der Waals surface area contributed by atoms with Crippen LogP contribution in [-0.4, -0.2) is 44.2 Å². The molecule has 1 aliphatic heterocycles. The number of hydrogen-bond donors (Lipinski definition) is 1. The molecule has 2 rings (SSSR count). The van der Waals surface area contributed by atoms with Crippen molar-refractivity contribution in [1.82, 2.24) is 4.90 Å². The Labute approximate surface area is 119 Å². The zero-order valence-electron chi connectivity index (χ0n) is 12.1. The fourth-order valence-electron chi connectivity index (χ4n) is 2.61. The van der Waals surface area contributed by atoms with E-state index in [-0.39, 0.29) is 11.9 Å². The second-order valence-corrected chi connectivity index (χ2v) is 4.99. The van der Waals surface area contributed by atoms with E-state index in [9.17, 15) is 4.79 Å². The highest BCUT2D eigenvalue weighted by molar-refractivity contribution is 5.95. The Morgan fingerprint density at radius 3 is 2.45 bits per heavy atom. The molecule has 0 saturated carbocycles. The third kappa shape index (κ3) is 3.04. The molecule has 0 spiro atoms. The molecule has 5 heteroatoms. The molecule has 1 unspecified atom stereocenters. The smallest absolute Gasteiger partial charge is 0.254 e. The molecular formula is C15H22N2O3. The number of piperidine rings is 1. The molecule has 1 saturated heterocycles. The maximum atomic E-state index is 12.7. The quantitative estimate of drug-likeness (QED) is 0.909. The molecule has 0 aromatic heterocycles. The SMILES string of the molecule is COc1cc(OC)cc(C(=O)N2CCCCC2CN)c1. The van der Waals surface area contributed by atoms with Gasteiger partial charge in [-0.3, -0.25) is 4.79 Å². The summed E-state index contributed by atoms with van der Waals surface area (Å²) < 4.78 is 10.4. The summed E-state index contributed by atoms with van der Waals surface area (Å²) in [4.78, 5) is 14.5. The maximum Gasteiger partial charge on any atom is 0.254 e. The van der Waals surface area contributed by atoms with E-state index >= 15 is 0 Å². The number of benzene rings is 1. The van der Waals surface area contributed by atoms with Gasteiger partial charge in [0.15, 0.2) is 0 Å². The predicted octanol–water partition coefficient (Wildman–Crippen LogP) is 1.66. The first-order chi connectivity index (χ1) is 9.69. The zero-order chi connectivity index (χ0) is 14.5. The molecule has 0 aliphatic carbocycles. The fourth-order valence-corrected chi connectivity index (χ4v) is 2.61. The topological polar surface area (TPSA) is 64.8 Å². The molecule has 5 nitrogen and oxygen atoms in total. The highest BCUT2D eigenvalue weighted by Crippen LogP contribution is 2.25. The van der Waals surface area contributed by atoms with E-state index in [2.05, 4.69) is 0 Å². The monoisotopic (exact) mass is 278 g/mol. The summed E-state index contributed by atoms with van der Waals surface area (Å²) >= 11 is 0. The lowest BCUT2D eigenvalue weighted by Crippen LogP contribution is -2.47. The number of amides is 1. The summed E-state index contributed by atoms with van der Waals surface area (Å²) in [6.07, 6.45) is 3.14. The van der Waals surface area contributed by atoms with Gasteiger partial charge in [0.25, 0.3) is 5.91 Å². The number of ether oxygens (including phenoxy) is 2. The van der Waals surface area contributed by atoms with Crippen LogP contribution in [0, 0.1) is 0 Å². The van der Waals surface area contributed by atoms with Gasteiger partial charge in [-0.25, -0.2) is 0 Å². The Morgan fingerprint density at radius 2 is 1.90 bits per heavy atom. The van der Waals surface area contributed by atoms with Crippen LogP contribution in [0.25, 0.3) is 0 Å². The highest BCUT2D eigenvalue weighted by atomic mass is 16.5. The minimum atomic E-state index is -0.00245. The largest absolute Gasteiger partial charge is 0.497 e. The van der Waals surface area contributed by atoms with Gasteiger partial charge in [0, 0.05) is 30.8 Å². The molecule has 110 valence electrons. The van der Waals surface area contributed by atoms with E-state index in [1.54, 1.807) is 32.4 Å². The standard InChI is InChI=1S/C15H22N2O3/c1-19-13-7-11(8-14(9-13)20-2)15(18)17-6-4-3-5-12(17)10-16/h7-9,12H,3-6,10,16H2,1-2H3. The Kier molecular flexibility index (Phi) is 4.84. The van der Waals surface area contributed by atoms with E-state index in [0.29, 0.717) is 23.6 Å². The molecule has 1 aliphatic rings. The van der Waals surface area contributed by atoms with Gasteiger partial charge in [-0.1, -0.05) is 0 Å². The molecule has 1 amide bonds. The van der Waals surface area contributed by atoms with Gasteiger partial charge in [0.05, 0.1) is 14.2 Å². The Morgan fingerprint density at radius 1 is 1.25 bits per heavy atom. The minimum absolute atomic E-state index is 0.00245. The van der Waals surface area contributed by atoms with Gasteiger partial charge in [-0.15, -0.1) is 0 Å². The normalized spacial score (nSPS) is 18.8. The van der Waals surface area contributed by atoms with Crippen LogP contribution in [-0.2, 0) is 0 Å². The maximum absolute atomic E-state index is 12.7. The molecule has 0 bridgehead atoms. The van der Waals surface area contributed by atoms with E-state index in [0.717, 1.165) is 25.8 Å². The Hall–Kier alpha value is -1.75. The van der Waals surface area contributed by atoms with Crippen LogP contribution in [0.4, 0.5) is 0 Å². The zero-order valence-corrected chi connectivity index (χ0v) is 12.1. The van der Waals surface area contributed by atoms with Crippen LogP contribution in [0.15, 0.2) is 18.2 Å². The van der Waals surface area contributed by atoms with Crippen molar-refractivity contribution in [2.24, 2.45) is 5.73 Å². The van der Waals surface area contributed by atoms with Crippen LogP contribution in [0.2, 0.25) is 0 Å². The van der Waals surface area contributed by atoms with Crippen molar-refractivity contribution in [2.75, 3.05) is 27.3 Å². The van der Waals surface area contributed by atoms with Crippen LogP contribution in [0.5, 0.6) is 11.5 Å². The van der Waals surface area contributed by atoms with E-state index < -0.39 is 0 Å². The van der Waals surface area contributed by atoms with Crippen molar-refractivity contribution in [2.45, 2.75) is 25.3 Å². The average molecular weight is 278 g/mol. The van der Waals surface area contributed by atoms with Crippen LogP contribution in [0.3, 0.4) is 0 Å². The summed E-state index contributed by atoms with van der Waals surface area (Å²) in [5, 5.41) is 0. The van der Waals surface area contributed by atoms with Crippen molar-refractivity contribution < 1.29 is 14.3 Å². The molecular weight excluding hydrogens is 256 g/mol. The molecule has 1 atom stereocenters. The van der Waals surface area contributed by atoms with Gasteiger partial charge in [-0.05, 0) is 31.4 Å². The summed E-state index contributed by atoms with van der Waals surface area (Å²) in [7, 11) is 3.15. The number of likely N-dealkylation sites (tertiary alicyclic amines) is 1. The van der Waals surface area contributed by atoms with E-state index in [4.69, 9.17) is 15.2 Å².